The van der Waals surface area contributed by atoms with Gasteiger partial charge in [-0.3, -0.25) is 24.1 Å². The molecule has 0 bridgehead atoms. The Balaban J connectivity index is 0.770. The molecule has 4 amide bonds. The fourth-order valence-electron chi connectivity index (χ4n) is 8.23. The highest BCUT2D eigenvalue weighted by molar-refractivity contribution is 6.27. The number of hydrogen-bond donors (Lipinski definition) is 0. The van der Waals surface area contributed by atoms with Crippen molar-refractivity contribution in [2.75, 3.05) is 31.8 Å². The maximum Gasteiger partial charge on any atom is 0.330 e. The first-order chi connectivity index (χ1) is 29.1. The molecule has 0 aromatic heterocycles. The van der Waals surface area contributed by atoms with E-state index in [-0.39, 0.29) is 0 Å². The van der Waals surface area contributed by atoms with Crippen molar-refractivity contribution in [2.45, 2.75) is 65.2 Å². The zero-order valence-corrected chi connectivity index (χ0v) is 34.5. The average molecular weight is 813 g/mol. The van der Waals surface area contributed by atoms with E-state index < -0.39 is 53.3 Å². The molecule has 60 heavy (non-hydrogen) atoms. The van der Waals surface area contributed by atoms with Gasteiger partial charge in [-0.25, -0.2) is 9.69 Å². The number of fused-ring (bicyclic) bond motifs is 4. The highest BCUT2D eigenvalue weighted by Gasteiger charge is 2.73. The van der Waals surface area contributed by atoms with Crippen molar-refractivity contribution in [1.82, 2.24) is 4.90 Å². The van der Waals surface area contributed by atoms with E-state index in [1.807, 2.05) is 73.7 Å². The molecule has 2 saturated heterocycles. The number of rotatable bonds is 20. The first-order valence-corrected chi connectivity index (χ1v) is 21.0. The van der Waals surface area contributed by atoms with Crippen molar-refractivity contribution >= 4 is 41.4 Å². The number of carbonyl (C=O) groups excluding carboxylic acids is 5. The maximum atomic E-state index is 13.3. The lowest BCUT2D eigenvalue weighted by Gasteiger charge is -2.36. The van der Waals surface area contributed by atoms with E-state index in [0.717, 1.165) is 75.8 Å². The second-order valence-electron chi connectivity index (χ2n) is 15.7. The van der Waals surface area contributed by atoms with Gasteiger partial charge in [0.2, 0.25) is 23.6 Å². The van der Waals surface area contributed by atoms with Gasteiger partial charge in [0.25, 0.3) is 0 Å². The Bertz CT molecular complexity index is 2170. The summed E-state index contributed by atoms with van der Waals surface area (Å²) in [4.78, 5) is 66.2. The summed E-state index contributed by atoms with van der Waals surface area (Å²) in [5.74, 6) is -2.32. The van der Waals surface area contributed by atoms with E-state index in [0.29, 0.717) is 36.8 Å². The number of ether oxygens (including phenoxy) is 4. The Kier molecular flexibility index (Phi) is 13.4. The van der Waals surface area contributed by atoms with E-state index in [9.17, 15) is 24.0 Å². The normalized spacial score (nSPS) is 19.4. The standard InChI is InChI=1S/C49H52N2O9/c1-4-5-6-9-26-57-37-21-15-34(16-22-37)35-17-23-39(24-18-35)60-38-19-12-33(13-20-38)14-25-41(52)59-28-11-8-7-10-27-58-40-30-32(2)29-36(31-40)51-48(55)44-42-43(45(44)49(51)56)47(54)50(3)46(42)53/h12-25,29-31,42-45H,4-11,26-28H2,1-3H3/b25-14+. The molecular formula is C49H52N2O9. The van der Waals surface area contributed by atoms with Gasteiger partial charge in [-0.15, -0.1) is 0 Å². The number of imide groups is 2. The highest BCUT2D eigenvalue weighted by Crippen LogP contribution is 2.56. The molecule has 3 fully saturated rings. The van der Waals surface area contributed by atoms with E-state index in [1.54, 1.807) is 18.2 Å². The Morgan fingerprint density at radius 3 is 1.67 bits per heavy atom. The largest absolute Gasteiger partial charge is 0.494 e. The molecule has 11 heteroatoms. The van der Waals surface area contributed by atoms with Gasteiger partial charge >= 0.3 is 5.97 Å². The minimum absolute atomic E-state index is 0.310. The summed E-state index contributed by atoms with van der Waals surface area (Å²) in [5.41, 5.74) is 4.24. The topological polar surface area (TPSA) is 129 Å². The average Bonchev–Trinajstić information content (AvgIpc) is 3.55. The summed E-state index contributed by atoms with van der Waals surface area (Å²) in [6.07, 6.45) is 11.1. The van der Waals surface area contributed by atoms with Crippen molar-refractivity contribution < 1.29 is 42.9 Å². The van der Waals surface area contributed by atoms with Crippen LogP contribution in [0, 0.1) is 30.6 Å². The molecule has 1 aliphatic carbocycles. The quantitative estimate of drug-likeness (QED) is 0.0372. The SMILES string of the molecule is CCCCCCOc1ccc(-c2ccc(Oc3ccc(/C=C/C(=O)OCCCCCCOc4cc(C)cc(N5C(=O)C6C7C(=O)N(C)C(=O)C7C6C5=O)c4)cc3)cc2)cc1. The molecule has 2 aliphatic heterocycles. The van der Waals surface area contributed by atoms with Gasteiger partial charge in [0.1, 0.15) is 23.0 Å². The Morgan fingerprint density at radius 1 is 0.583 bits per heavy atom. The monoisotopic (exact) mass is 812 g/mol. The second kappa shape index (κ2) is 19.2. The minimum atomic E-state index is -0.792. The van der Waals surface area contributed by atoms with E-state index in [4.69, 9.17) is 18.9 Å². The lowest BCUT2D eigenvalue weighted by molar-refractivity contribution is -0.146. The number of unbranched alkanes of at least 4 members (excludes halogenated alkanes) is 6. The van der Waals surface area contributed by atoms with Crippen molar-refractivity contribution in [3.63, 3.8) is 0 Å². The number of esters is 1. The summed E-state index contributed by atoms with van der Waals surface area (Å²) in [5, 5.41) is 0. The number of carbonyl (C=O) groups is 5. The highest BCUT2D eigenvalue weighted by atomic mass is 16.5. The summed E-state index contributed by atoms with van der Waals surface area (Å²) in [7, 11) is 1.40. The first-order valence-electron chi connectivity index (χ1n) is 21.0. The van der Waals surface area contributed by atoms with Gasteiger partial charge in [-0.05, 0) is 116 Å². The summed E-state index contributed by atoms with van der Waals surface area (Å²) < 4.78 is 23.3. The van der Waals surface area contributed by atoms with Crippen LogP contribution in [0.2, 0.25) is 0 Å². The first kappa shape index (κ1) is 41.9. The molecular weight excluding hydrogens is 761 g/mol. The number of likely N-dealkylation sites (tertiary alicyclic amines) is 1. The second-order valence-corrected chi connectivity index (χ2v) is 15.7. The number of nitrogens with zero attached hydrogens (tertiary/aromatic N) is 2. The molecule has 7 rings (SSSR count). The predicted octanol–water partition coefficient (Wildman–Crippen LogP) is 8.96. The van der Waals surface area contributed by atoms with Crippen LogP contribution in [0.25, 0.3) is 17.2 Å². The van der Waals surface area contributed by atoms with Gasteiger partial charge in [0.05, 0.1) is 49.2 Å². The Labute approximate surface area is 351 Å². The maximum absolute atomic E-state index is 13.3. The molecule has 0 radical (unpaired) electrons. The molecule has 0 N–H and O–H groups in total. The number of benzene rings is 4. The van der Waals surface area contributed by atoms with Crippen LogP contribution in [0.5, 0.6) is 23.0 Å². The molecule has 4 atom stereocenters. The van der Waals surface area contributed by atoms with Crippen molar-refractivity contribution in [3.8, 4) is 34.1 Å². The van der Waals surface area contributed by atoms with Crippen LogP contribution in [0.4, 0.5) is 5.69 Å². The molecule has 4 unspecified atom stereocenters. The fraction of sp³-hybridized carbons (Fsp3) is 0.367. The van der Waals surface area contributed by atoms with Crippen molar-refractivity contribution in [2.24, 2.45) is 23.7 Å². The van der Waals surface area contributed by atoms with Crippen LogP contribution in [-0.2, 0) is 28.7 Å². The van der Waals surface area contributed by atoms with Gasteiger partial charge < -0.3 is 18.9 Å². The van der Waals surface area contributed by atoms with Gasteiger partial charge in [-0.2, -0.15) is 0 Å². The minimum Gasteiger partial charge on any atom is -0.494 e. The lowest BCUT2D eigenvalue weighted by atomic mass is 9.59. The van der Waals surface area contributed by atoms with Gasteiger partial charge in [0, 0.05) is 19.2 Å². The number of anilines is 1. The smallest absolute Gasteiger partial charge is 0.330 e. The molecule has 2 heterocycles. The molecule has 312 valence electrons. The van der Waals surface area contributed by atoms with E-state index >= 15 is 0 Å². The predicted molar refractivity (Wildman–Crippen MR) is 227 cm³/mol. The Hall–Kier alpha value is -6.23. The summed E-state index contributed by atoms with van der Waals surface area (Å²) in [6, 6.07) is 28.8. The molecule has 4 aromatic rings. The van der Waals surface area contributed by atoms with Crippen LogP contribution < -0.4 is 19.1 Å². The van der Waals surface area contributed by atoms with Gasteiger partial charge in [-0.1, -0.05) is 62.6 Å². The zero-order chi connectivity index (χ0) is 42.2. The number of amides is 4. The van der Waals surface area contributed by atoms with Crippen LogP contribution in [-0.4, -0.2) is 61.4 Å². The van der Waals surface area contributed by atoms with E-state index in [1.165, 1.54) is 32.4 Å². The zero-order valence-electron chi connectivity index (χ0n) is 34.5. The van der Waals surface area contributed by atoms with Gasteiger partial charge in [0.15, 0.2) is 0 Å². The van der Waals surface area contributed by atoms with Crippen molar-refractivity contribution in [3.05, 3.63) is 108 Å². The summed E-state index contributed by atoms with van der Waals surface area (Å²) >= 11 is 0. The lowest BCUT2D eigenvalue weighted by Crippen LogP contribution is -2.50. The van der Waals surface area contributed by atoms with Crippen LogP contribution in [0.3, 0.4) is 0 Å². The fourth-order valence-corrected chi connectivity index (χ4v) is 8.23. The third kappa shape index (κ3) is 9.46. The summed E-state index contributed by atoms with van der Waals surface area (Å²) in [6.45, 7) is 5.54. The van der Waals surface area contributed by atoms with E-state index in [2.05, 4.69) is 19.1 Å². The number of hydrogen-bond acceptors (Lipinski definition) is 9. The Morgan fingerprint density at radius 2 is 1.08 bits per heavy atom. The molecule has 1 saturated carbocycles. The van der Waals surface area contributed by atoms with Crippen LogP contribution in [0.1, 0.15) is 69.4 Å². The molecule has 0 spiro atoms. The van der Waals surface area contributed by atoms with Crippen LogP contribution in [0.15, 0.2) is 97.1 Å². The molecule has 11 nitrogen and oxygen atoms in total. The third-order valence-corrected chi connectivity index (χ3v) is 11.5. The third-order valence-electron chi connectivity index (χ3n) is 11.5. The number of aryl methyl sites for hydroxylation is 1. The van der Waals surface area contributed by atoms with Crippen molar-refractivity contribution in [1.29, 1.82) is 0 Å². The molecule has 3 aliphatic rings. The molecule has 4 aromatic carbocycles. The van der Waals surface area contributed by atoms with Crippen LogP contribution >= 0.6 is 0 Å².